The fraction of sp³-hybridized carbons (Fsp3) is 0.286. The molecule has 0 aliphatic rings. The van der Waals surface area contributed by atoms with Crippen LogP contribution in [0.2, 0.25) is 0 Å². The van der Waals surface area contributed by atoms with E-state index in [0.717, 1.165) is 0 Å². The number of allylic oxidation sites excluding steroid dienone is 3. The normalized spacial score (nSPS) is 12.6. The molecule has 0 aliphatic heterocycles. The third-order valence-corrected chi connectivity index (χ3v) is 2.61. The molecule has 5 nitrogen and oxygen atoms in total. The lowest BCUT2D eigenvalue weighted by atomic mass is 10.2. The number of hydrogen-bond acceptors (Lipinski definition) is 3. The van der Waals surface area contributed by atoms with Crippen LogP contribution in [-0.2, 0) is 11.0 Å². The third kappa shape index (κ3) is 5.47. The molecule has 0 fully saturated rings. The lowest BCUT2D eigenvalue weighted by molar-refractivity contribution is -0.446. The molecule has 1 N–H and O–H groups in total. The van der Waals surface area contributed by atoms with E-state index in [-0.39, 0.29) is 18.7 Å². The summed E-state index contributed by atoms with van der Waals surface area (Å²) in [7, 11) is 0. The van der Waals surface area contributed by atoms with Crippen molar-refractivity contribution < 1.29 is 27.6 Å². The Morgan fingerprint density at radius 2 is 2.14 bits per heavy atom. The number of carboxylic acids is 1. The highest BCUT2D eigenvalue weighted by atomic mass is 19.4. The van der Waals surface area contributed by atoms with E-state index >= 15 is 0 Å². The topological polar surface area (TPSA) is 66.1 Å². The maximum atomic E-state index is 12.6. The molecule has 0 bridgehead atoms. The van der Waals surface area contributed by atoms with Gasteiger partial charge in [-0.05, 0) is 6.92 Å². The van der Waals surface area contributed by atoms with Crippen molar-refractivity contribution in [1.29, 1.82) is 0 Å². The molecule has 0 aliphatic carbocycles. The van der Waals surface area contributed by atoms with Crippen LogP contribution in [0.1, 0.15) is 24.7 Å². The van der Waals surface area contributed by atoms with E-state index in [1.165, 1.54) is 23.0 Å². The van der Waals surface area contributed by atoms with Gasteiger partial charge in [0.2, 0.25) is 0 Å². The highest BCUT2D eigenvalue weighted by molar-refractivity contribution is 5.70. The lowest BCUT2D eigenvalue weighted by Crippen LogP contribution is -2.10. The smallest absolute Gasteiger partial charge is 0.434 e. The van der Waals surface area contributed by atoms with Crippen LogP contribution in [0.5, 0.6) is 0 Å². The van der Waals surface area contributed by atoms with Gasteiger partial charge in [-0.1, -0.05) is 6.08 Å². The van der Waals surface area contributed by atoms with E-state index in [2.05, 4.69) is 16.7 Å². The molecule has 0 spiro atoms. The zero-order chi connectivity index (χ0) is 16.8. The minimum atomic E-state index is -4.56. The Morgan fingerprint density at radius 3 is 2.68 bits per heavy atom. The van der Waals surface area contributed by atoms with E-state index in [1.54, 1.807) is 13.0 Å². The molecule has 0 unspecified atom stereocenters. The number of hydrogen-bond donors (Lipinski definition) is 1. The second kappa shape index (κ2) is 7.48. The van der Waals surface area contributed by atoms with Crippen molar-refractivity contribution in [2.75, 3.05) is 6.54 Å². The van der Waals surface area contributed by atoms with Gasteiger partial charge in [-0.25, -0.2) is 9.56 Å². The zero-order valence-corrected chi connectivity index (χ0v) is 11.8. The molecule has 118 valence electrons. The average Bonchev–Trinajstić information content (AvgIpc) is 2.45. The third-order valence-electron chi connectivity index (χ3n) is 2.61. The quantitative estimate of drug-likeness (QED) is 0.498. The molecule has 8 heteroatoms. The van der Waals surface area contributed by atoms with Crippen LogP contribution in [0.4, 0.5) is 13.2 Å². The molecule has 0 amide bonds. The Labute approximate surface area is 125 Å². The minimum absolute atomic E-state index is 0.0696. The van der Waals surface area contributed by atoms with E-state index in [4.69, 9.17) is 5.11 Å². The second-order valence-corrected chi connectivity index (χ2v) is 4.30. The number of alkyl halides is 3. The van der Waals surface area contributed by atoms with Crippen molar-refractivity contribution in [3.63, 3.8) is 0 Å². The summed E-state index contributed by atoms with van der Waals surface area (Å²) < 4.78 is 39.2. The van der Waals surface area contributed by atoms with Crippen LogP contribution >= 0.6 is 0 Å². The van der Waals surface area contributed by atoms with Crippen molar-refractivity contribution in [2.45, 2.75) is 19.5 Å². The SMILES string of the molecule is C=[N+](/C=C\C(=C/C)c1cncc(C(F)(F)F)n1)CCC(=O)O. The van der Waals surface area contributed by atoms with E-state index < -0.39 is 17.8 Å². The van der Waals surface area contributed by atoms with Crippen LogP contribution in [0, 0.1) is 0 Å². The van der Waals surface area contributed by atoms with Gasteiger partial charge >= 0.3 is 12.1 Å². The van der Waals surface area contributed by atoms with Gasteiger partial charge in [-0.3, -0.25) is 9.78 Å². The van der Waals surface area contributed by atoms with Gasteiger partial charge in [-0.2, -0.15) is 13.2 Å². The van der Waals surface area contributed by atoms with Crippen molar-refractivity contribution in [3.05, 3.63) is 42.1 Å². The largest absolute Gasteiger partial charge is 0.481 e. The Bertz CT molecular complexity index is 622. The number of nitrogens with zero attached hydrogens (tertiary/aromatic N) is 3. The Hall–Kier alpha value is -2.51. The Kier molecular flexibility index (Phi) is 5.97. The number of aliphatic carboxylic acids is 1. The summed E-state index contributed by atoms with van der Waals surface area (Å²) >= 11 is 0. The summed E-state index contributed by atoms with van der Waals surface area (Å²) in [5.74, 6) is -0.961. The number of aromatic nitrogens is 2. The molecule has 22 heavy (non-hydrogen) atoms. The monoisotopic (exact) mass is 314 g/mol. The second-order valence-electron chi connectivity index (χ2n) is 4.30. The van der Waals surface area contributed by atoms with Gasteiger partial charge in [0.25, 0.3) is 0 Å². The van der Waals surface area contributed by atoms with Gasteiger partial charge < -0.3 is 5.11 Å². The molecule has 0 saturated heterocycles. The van der Waals surface area contributed by atoms with Crippen LogP contribution in [0.3, 0.4) is 0 Å². The van der Waals surface area contributed by atoms with Gasteiger partial charge in [0.05, 0.1) is 18.1 Å². The first-order valence-electron chi connectivity index (χ1n) is 6.27. The summed E-state index contributed by atoms with van der Waals surface area (Å²) in [6.45, 7) is 5.43. The molecule has 0 atom stereocenters. The highest BCUT2D eigenvalue weighted by Crippen LogP contribution is 2.27. The Morgan fingerprint density at radius 1 is 1.45 bits per heavy atom. The summed E-state index contributed by atoms with van der Waals surface area (Å²) in [6.07, 6.45) is 1.76. The van der Waals surface area contributed by atoms with E-state index in [0.29, 0.717) is 11.8 Å². The molecule has 1 heterocycles. The predicted molar refractivity (Wildman–Crippen MR) is 74.3 cm³/mol. The fourth-order valence-corrected chi connectivity index (χ4v) is 1.47. The summed E-state index contributed by atoms with van der Waals surface area (Å²) in [4.78, 5) is 17.5. The van der Waals surface area contributed by atoms with Crippen LogP contribution in [0.25, 0.3) is 5.57 Å². The summed E-state index contributed by atoms with van der Waals surface area (Å²) in [6, 6.07) is 0. The van der Waals surface area contributed by atoms with Gasteiger partial charge in [0.1, 0.15) is 13.1 Å². The first kappa shape index (κ1) is 17.5. The maximum Gasteiger partial charge on any atom is 0.434 e. The van der Waals surface area contributed by atoms with Gasteiger partial charge in [0.15, 0.2) is 18.4 Å². The van der Waals surface area contributed by atoms with Crippen LogP contribution in [-0.4, -0.2) is 38.9 Å². The first-order valence-corrected chi connectivity index (χ1v) is 6.27. The number of halogens is 3. The minimum Gasteiger partial charge on any atom is -0.481 e. The molecule has 1 aromatic rings. The molecule has 1 aromatic heterocycles. The predicted octanol–water partition coefficient (Wildman–Crippen LogP) is 2.60. The molecule has 1 rings (SSSR count). The zero-order valence-electron chi connectivity index (χ0n) is 11.8. The van der Waals surface area contributed by atoms with E-state index in [1.807, 2.05) is 0 Å². The maximum absolute atomic E-state index is 12.6. The standard InChI is InChI=1S/C14H14F3N3O2/c1-3-10(4-6-20(2)7-5-13(21)22)11-8-18-9-12(19-11)14(15,16)17/h3-4,6,8-9H,2,5,7H2,1H3/p+1/b6-4-,10-3+. The molecule has 0 aromatic carbocycles. The molecular weight excluding hydrogens is 299 g/mol. The number of rotatable bonds is 6. The summed E-state index contributed by atoms with van der Waals surface area (Å²) in [5, 5.41) is 8.56. The van der Waals surface area contributed by atoms with Gasteiger partial charge in [0, 0.05) is 11.6 Å². The number of carboxylic acid groups (broad SMARTS) is 1. The molecule has 0 saturated carbocycles. The van der Waals surface area contributed by atoms with Crippen molar-refractivity contribution in [2.24, 2.45) is 0 Å². The molecular formula is C14H15F3N3O2+. The Balaban J connectivity index is 2.89. The summed E-state index contributed by atoms with van der Waals surface area (Å²) in [5.41, 5.74) is -0.585. The van der Waals surface area contributed by atoms with Crippen molar-refractivity contribution in [3.8, 4) is 0 Å². The highest BCUT2D eigenvalue weighted by Gasteiger charge is 2.33. The first-order chi connectivity index (χ1) is 10.2. The van der Waals surface area contributed by atoms with Crippen LogP contribution in [0.15, 0.2) is 30.7 Å². The van der Waals surface area contributed by atoms with Crippen LogP contribution < -0.4 is 0 Å². The fourth-order valence-electron chi connectivity index (χ4n) is 1.47. The van der Waals surface area contributed by atoms with Crippen molar-refractivity contribution >= 4 is 18.3 Å². The number of carbonyl (C=O) groups is 1. The van der Waals surface area contributed by atoms with Gasteiger partial charge in [-0.15, -0.1) is 0 Å². The average molecular weight is 314 g/mol. The van der Waals surface area contributed by atoms with Crippen molar-refractivity contribution in [1.82, 2.24) is 9.97 Å². The molecule has 0 radical (unpaired) electrons. The lowest BCUT2D eigenvalue weighted by Gasteiger charge is -2.07. The van der Waals surface area contributed by atoms with E-state index in [9.17, 15) is 18.0 Å².